The smallest absolute Gasteiger partial charge is 0.119 e. The van der Waals surface area contributed by atoms with Gasteiger partial charge in [-0.3, -0.25) is 5.10 Å². The molecule has 1 heterocycles. The Morgan fingerprint density at radius 3 is 2.53 bits per heavy atom. The third kappa shape index (κ3) is 2.85. The lowest BCUT2D eigenvalue weighted by molar-refractivity contribution is 0.242. The molecule has 3 N–H and O–H groups in total. The lowest BCUT2D eigenvalue weighted by Gasteiger charge is -2.09. The van der Waals surface area contributed by atoms with Crippen LogP contribution in [0.3, 0.4) is 0 Å². The molecule has 0 atom stereocenters. The van der Waals surface area contributed by atoms with Gasteiger partial charge in [-0.2, -0.15) is 5.10 Å². The number of rotatable bonds is 4. The van der Waals surface area contributed by atoms with E-state index in [9.17, 15) is 0 Å². The summed E-state index contributed by atoms with van der Waals surface area (Å²) < 4.78 is 5.58. The van der Waals surface area contributed by atoms with E-state index < -0.39 is 0 Å². The van der Waals surface area contributed by atoms with Crippen molar-refractivity contribution in [2.45, 2.75) is 26.5 Å². The number of aromatic amines is 1. The monoisotopic (exact) mass is 231 g/mol. The maximum atomic E-state index is 5.58. The summed E-state index contributed by atoms with van der Waals surface area (Å²) >= 11 is 0. The summed E-state index contributed by atoms with van der Waals surface area (Å²) in [5.74, 6) is 0.873. The second-order valence-corrected chi connectivity index (χ2v) is 4.17. The highest BCUT2D eigenvalue weighted by atomic mass is 16.5. The molecule has 17 heavy (non-hydrogen) atoms. The number of H-pyrrole nitrogens is 1. The molecular formula is C13H17N3O. The highest BCUT2D eigenvalue weighted by molar-refractivity contribution is 5.60. The van der Waals surface area contributed by atoms with Crippen LogP contribution in [0.5, 0.6) is 5.75 Å². The van der Waals surface area contributed by atoms with Crippen LogP contribution < -0.4 is 10.5 Å². The van der Waals surface area contributed by atoms with Crippen molar-refractivity contribution in [3.05, 3.63) is 36.0 Å². The van der Waals surface area contributed by atoms with Crippen molar-refractivity contribution in [3.8, 4) is 17.0 Å². The number of hydrogen-bond donors (Lipinski definition) is 2. The number of ether oxygens (including phenoxy) is 1. The molecule has 0 aliphatic rings. The Morgan fingerprint density at radius 2 is 2.00 bits per heavy atom. The highest BCUT2D eigenvalue weighted by Gasteiger charge is 2.03. The quantitative estimate of drug-likeness (QED) is 0.848. The van der Waals surface area contributed by atoms with Crippen LogP contribution in [0.15, 0.2) is 30.3 Å². The molecule has 0 bridgehead atoms. The summed E-state index contributed by atoms with van der Waals surface area (Å²) in [4.78, 5) is 0. The molecule has 0 fully saturated rings. The molecule has 0 spiro atoms. The maximum Gasteiger partial charge on any atom is 0.119 e. The predicted octanol–water partition coefficient (Wildman–Crippen LogP) is 2.32. The van der Waals surface area contributed by atoms with Crippen molar-refractivity contribution < 1.29 is 4.74 Å². The van der Waals surface area contributed by atoms with Gasteiger partial charge in [0.2, 0.25) is 0 Å². The molecule has 0 unspecified atom stereocenters. The Hall–Kier alpha value is -1.81. The van der Waals surface area contributed by atoms with Gasteiger partial charge in [0.25, 0.3) is 0 Å². The zero-order chi connectivity index (χ0) is 12.3. The van der Waals surface area contributed by atoms with Crippen LogP contribution in [0.2, 0.25) is 0 Å². The van der Waals surface area contributed by atoms with E-state index in [1.165, 1.54) is 0 Å². The maximum absolute atomic E-state index is 5.58. The third-order valence-electron chi connectivity index (χ3n) is 2.37. The van der Waals surface area contributed by atoms with Crippen molar-refractivity contribution in [3.63, 3.8) is 0 Å². The molecule has 0 saturated heterocycles. The Bertz CT molecular complexity index is 474. The average Bonchev–Trinajstić information content (AvgIpc) is 2.78. The zero-order valence-corrected chi connectivity index (χ0v) is 10.1. The molecule has 0 saturated carbocycles. The normalized spacial score (nSPS) is 10.8. The lowest BCUT2D eigenvalue weighted by Crippen LogP contribution is -2.05. The van der Waals surface area contributed by atoms with Gasteiger partial charge in [0.05, 0.1) is 11.8 Å². The minimum Gasteiger partial charge on any atom is -0.491 e. The van der Waals surface area contributed by atoms with E-state index in [-0.39, 0.29) is 6.10 Å². The van der Waals surface area contributed by atoms with Gasteiger partial charge in [-0.05, 0) is 44.2 Å². The number of nitrogens with one attached hydrogen (secondary N) is 1. The van der Waals surface area contributed by atoms with E-state index in [2.05, 4.69) is 10.2 Å². The fraction of sp³-hybridized carbons (Fsp3) is 0.308. The van der Waals surface area contributed by atoms with Crippen LogP contribution in [0.25, 0.3) is 11.3 Å². The van der Waals surface area contributed by atoms with E-state index in [1.807, 2.05) is 44.2 Å². The molecule has 1 aromatic heterocycles. The Balaban J connectivity index is 2.17. The summed E-state index contributed by atoms with van der Waals surface area (Å²) in [6, 6.07) is 9.85. The van der Waals surface area contributed by atoms with E-state index in [0.29, 0.717) is 6.54 Å². The van der Waals surface area contributed by atoms with Crippen LogP contribution >= 0.6 is 0 Å². The van der Waals surface area contributed by atoms with Gasteiger partial charge in [0, 0.05) is 17.8 Å². The van der Waals surface area contributed by atoms with Crippen LogP contribution in [-0.2, 0) is 6.54 Å². The minimum atomic E-state index is 0.190. The van der Waals surface area contributed by atoms with Gasteiger partial charge < -0.3 is 10.5 Å². The molecule has 0 radical (unpaired) electrons. The number of benzene rings is 1. The molecular weight excluding hydrogens is 214 g/mol. The number of nitrogens with two attached hydrogens (primary N) is 1. The Labute approximate surface area is 101 Å². The first-order chi connectivity index (χ1) is 8.19. The molecule has 4 nitrogen and oxygen atoms in total. The zero-order valence-electron chi connectivity index (χ0n) is 10.1. The van der Waals surface area contributed by atoms with Gasteiger partial charge in [-0.25, -0.2) is 0 Å². The number of nitrogens with zero attached hydrogens (tertiary/aromatic N) is 1. The molecule has 4 heteroatoms. The van der Waals surface area contributed by atoms with Crippen molar-refractivity contribution in [2.75, 3.05) is 0 Å². The van der Waals surface area contributed by atoms with Gasteiger partial charge >= 0.3 is 0 Å². The van der Waals surface area contributed by atoms with E-state index in [0.717, 1.165) is 22.7 Å². The lowest BCUT2D eigenvalue weighted by atomic mass is 10.1. The first-order valence-corrected chi connectivity index (χ1v) is 5.70. The topological polar surface area (TPSA) is 63.9 Å². The van der Waals surface area contributed by atoms with E-state index in [4.69, 9.17) is 10.5 Å². The average molecular weight is 231 g/mol. The molecule has 2 aromatic rings. The SMILES string of the molecule is CC(C)Oc1ccc(-c2cc(CN)[nH]n2)cc1. The van der Waals surface area contributed by atoms with Crippen molar-refractivity contribution in [2.24, 2.45) is 5.73 Å². The fourth-order valence-corrected chi connectivity index (χ4v) is 1.59. The standard InChI is InChI=1S/C13H17N3O/c1-9(2)17-12-5-3-10(4-6-12)13-7-11(8-14)15-16-13/h3-7,9H,8,14H2,1-2H3,(H,15,16). The molecule has 1 aromatic carbocycles. The number of hydrogen-bond acceptors (Lipinski definition) is 3. The third-order valence-corrected chi connectivity index (χ3v) is 2.37. The second kappa shape index (κ2) is 5.01. The van der Waals surface area contributed by atoms with Gasteiger partial charge in [0.15, 0.2) is 0 Å². The van der Waals surface area contributed by atoms with E-state index in [1.54, 1.807) is 0 Å². The molecule has 0 amide bonds. The van der Waals surface area contributed by atoms with Crippen LogP contribution in [0.1, 0.15) is 19.5 Å². The fourth-order valence-electron chi connectivity index (χ4n) is 1.59. The first kappa shape index (κ1) is 11.7. The summed E-state index contributed by atoms with van der Waals surface area (Å²) in [5, 5.41) is 7.10. The van der Waals surface area contributed by atoms with Crippen molar-refractivity contribution in [1.82, 2.24) is 10.2 Å². The summed E-state index contributed by atoms with van der Waals surface area (Å²) in [7, 11) is 0. The number of aromatic nitrogens is 2. The first-order valence-electron chi connectivity index (χ1n) is 5.70. The van der Waals surface area contributed by atoms with Crippen LogP contribution in [-0.4, -0.2) is 16.3 Å². The van der Waals surface area contributed by atoms with Gasteiger partial charge in [0.1, 0.15) is 5.75 Å². The molecule has 2 rings (SSSR count). The van der Waals surface area contributed by atoms with Crippen molar-refractivity contribution >= 4 is 0 Å². The Morgan fingerprint density at radius 1 is 1.29 bits per heavy atom. The van der Waals surface area contributed by atoms with Gasteiger partial charge in [-0.1, -0.05) is 0 Å². The predicted molar refractivity (Wildman–Crippen MR) is 67.7 cm³/mol. The minimum absolute atomic E-state index is 0.190. The summed E-state index contributed by atoms with van der Waals surface area (Å²) in [6.45, 7) is 4.49. The van der Waals surface area contributed by atoms with Crippen LogP contribution in [0, 0.1) is 0 Å². The van der Waals surface area contributed by atoms with Crippen molar-refractivity contribution in [1.29, 1.82) is 0 Å². The van der Waals surface area contributed by atoms with Gasteiger partial charge in [-0.15, -0.1) is 0 Å². The molecule has 0 aliphatic heterocycles. The Kier molecular flexibility index (Phi) is 3.44. The summed E-state index contributed by atoms with van der Waals surface area (Å²) in [6.07, 6.45) is 0.190. The summed E-state index contributed by atoms with van der Waals surface area (Å²) in [5.41, 5.74) is 8.42. The largest absolute Gasteiger partial charge is 0.491 e. The van der Waals surface area contributed by atoms with E-state index >= 15 is 0 Å². The highest BCUT2D eigenvalue weighted by Crippen LogP contribution is 2.21. The molecule has 0 aliphatic carbocycles. The second-order valence-electron chi connectivity index (χ2n) is 4.17. The van der Waals surface area contributed by atoms with Crippen LogP contribution in [0.4, 0.5) is 0 Å². The molecule has 90 valence electrons.